The predicted molar refractivity (Wildman–Crippen MR) is 98.2 cm³/mol. The Morgan fingerprint density at radius 2 is 1.88 bits per heavy atom. The maximum atomic E-state index is 12.5. The van der Waals surface area contributed by atoms with Crippen LogP contribution in [0.4, 0.5) is 10.5 Å². The molecule has 0 spiro atoms. The highest BCUT2D eigenvalue weighted by atomic mass is 16.2. The van der Waals surface area contributed by atoms with Crippen molar-refractivity contribution in [3.05, 3.63) is 29.8 Å². The molecule has 1 aromatic rings. The fourth-order valence-corrected chi connectivity index (χ4v) is 3.52. The lowest BCUT2D eigenvalue weighted by Crippen LogP contribution is -2.51. The van der Waals surface area contributed by atoms with Crippen LogP contribution in [0.1, 0.15) is 38.7 Å². The van der Waals surface area contributed by atoms with Crippen molar-refractivity contribution in [2.45, 2.75) is 45.7 Å². The van der Waals surface area contributed by atoms with Gasteiger partial charge in [-0.15, -0.1) is 0 Å². The Morgan fingerprint density at radius 1 is 1.23 bits per heavy atom. The summed E-state index contributed by atoms with van der Waals surface area (Å²) in [5.41, 5.74) is 6.49. The summed E-state index contributed by atoms with van der Waals surface area (Å²) >= 11 is 0. The van der Waals surface area contributed by atoms with Crippen LogP contribution in [0.5, 0.6) is 0 Å². The van der Waals surface area contributed by atoms with Gasteiger partial charge in [0.1, 0.15) is 0 Å². The highest BCUT2D eigenvalue weighted by Crippen LogP contribution is 2.28. The van der Waals surface area contributed by atoms with Crippen molar-refractivity contribution >= 4 is 23.5 Å². The van der Waals surface area contributed by atoms with Crippen molar-refractivity contribution < 1.29 is 14.4 Å². The number of primary amides is 1. The first kappa shape index (κ1) is 18.2. The van der Waals surface area contributed by atoms with Gasteiger partial charge in [0.15, 0.2) is 0 Å². The van der Waals surface area contributed by atoms with Crippen LogP contribution in [0.2, 0.25) is 0 Å². The van der Waals surface area contributed by atoms with Crippen molar-refractivity contribution in [3.8, 4) is 0 Å². The largest absolute Gasteiger partial charge is 0.369 e. The normalized spacial score (nSPS) is 18.3. The van der Waals surface area contributed by atoms with Crippen LogP contribution < -0.4 is 11.1 Å². The van der Waals surface area contributed by atoms with Crippen LogP contribution in [-0.4, -0.2) is 46.8 Å². The number of fused-ring (bicyclic) bond motifs is 1. The van der Waals surface area contributed by atoms with Gasteiger partial charge < -0.3 is 20.9 Å². The zero-order valence-corrected chi connectivity index (χ0v) is 15.3. The molecule has 0 saturated carbocycles. The number of nitrogens with two attached hydrogens (primary N) is 1. The molecule has 1 fully saturated rings. The zero-order valence-electron chi connectivity index (χ0n) is 15.3. The molecular weight excluding hydrogens is 332 g/mol. The van der Waals surface area contributed by atoms with Gasteiger partial charge in [-0.1, -0.05) is 32.0 Å². The Morgan fingerprint density at radius 3 is 2.54 bits per heavy atom. The summed E-state index contributed by atoms with van der Waals surface area (Å²) in [5, 5.41) is 2.94. The molecule has 26 heavy (non-hydrogen) atoms. The van der Waals surface area contributed by atoms with Gasteiger partial charge in [-0.3, -0.25) is 9.59 Å². The van der Waals surface area contributed by atoms with E-state index in [-0.39, 0.29) is 24.4 Å². The van der Waals surface area contributed by atoms with Gasteiger partial charge in [0.2, 0.25) is 11.8 Å². The first-order chi connectivity index (χ1) is 12.3. The van der Waals surface area contributed by atoms with Crippen LogP contribution in [0.25, 0.3) is 0 Å². The SMILES string of the molecule is CC(C)(CC(=O)N1CCC(N2Cc3ccccc3NC2=O)CC1)C(N)=O. The average Bonchev–Trinajstić information content (AvgIpc) is 2.60. The molecule has 7 heteroatoms. The van der Waals surface area contributed by atoms with Gasteiger partial charge in [0, 0.05) is 37.8 Å². The lowest BCUT2D eigenvalue weighted by Gasteiger charge is -2.41. The number of nitrogens with one attached hydrogen (secondary N) is 1. The minimum Gasteiger partial charge on any atom is -0.369 e. The molecule has 0 unspecified atom stereocenters. The number of para-hydroxylation sites is 1. The number of carbonyl (C=O) groups is 3. The van der Waals surface area contributed by atoms with Crippen LogP contribution in [0.15, 0.2) is 24.3 Å². The van der Waals surface area contributed by atoms with Gasteiger partial charge in [-0.05, 0) is 24.5 Å². The Kier molecular flexibility index (Phi) is 4.89. The lowest BCUT2D eigenvalue weighted by molar-refractivity contribution is -0.139. The molecule has 3 N–H and O–H groups in total. The molecule has 3 rings (SSSR count). The van der Waals surface area contributed by atoms with Crippen molar-refractivity contribution in [3.63, 3.8) is 0 Å². The monoisotopic (exact) mass is 358 g/mol. The van der Waals surface area contributed by atoms with Crippen LogP contribution in [0.3, 0.4) is 0 Å². The number of rotatable bonds is 4. The third-order valence-electron chi connectivity index (χ3n) is 5.38. The zero-order chi connectivity index (χ0) is 18.9. The highest BCUT2D eigenvalue weighted by Gasteiger charge is 2.35. The molecule has 2 aliphatic rings. The van der Waals surface area contributed by atoms with E-state index >= 15 is 0 Å². The Balaban J connectivity index is 1.58. The second-order valence-corrected chi connectivity index (χ2v) is 7.75. The molecule has 140 valence electrons. The fourth-order valence-electron chi connectivity index (χ4n) is 3.52. The third-order valence-corrected chi connectivity index (χ3v) is 5.38. The molecule has 1 aromatic carbocycles. The summed E-state index contributed by atoms with van der Waals surface area (Å²) < 4.78 is 0. The first-order valence-electron chi connectivity index (χ1n) is 9.01. The van der Waals surface area contributed by atoms with E-state index in [1.165, 1.54) is 0 Å². The van der Waals surface area contributed by atoms with Gasteiger partial charge in [-0.2, -0.15) is 0 Å². The average molecular weight is 358 g/mol. The van der Waals surface area contributed by atoms with Crippen molar-refractivity contribution in [2.24, 2.45) is 11.1 Å². The number of piperidine rings is 1. The van der Waals surface area contributed by atoms with E-state index in [2.05, 4.69) is 5.32 Å². The number of amides is 4. The van der Waals surface area contributed by atoms with E-state index in [0.29, 0.717) is 19.6 Å². The molecule has 4 amide bonds. The van der Waals surface area contributed by atoms with E-state index in [0.717, 1.165) is 24.1 Å². The van der Waals surface area contributed by atoms with E-state index in [1.807, 2.05) is 29.2 Å². The maximum Gasteiger partial charge on any atom is 0.322 e. The van der Waals surface area contributed by atoms with Crippen LogP contribution >= 0.6 is 0 Å². The quantitative estimate of drug-likeness (QED) is 0.861. The number of carbonyl (C=O) groups excluding carboxylic acids is 3. The molecule has 0 aromatic heterocycles. The Bertz CT molecular complexity index is 723. The molecule has 0 aliphatic carbocycles. The second-order valence-electron chi connectivity index (χ2n) is 7.75. The Labute approximate surface area is 153 Å². The van der Waals surface area contributed by atoms with Gasteiger partial charge in [0.25, 0.3) is 0 Å². The van der Waals surface area contributed by atoms with E-state index < -0.39 is 11.3 Å². The molecule has 0 radical (unpaired) electrons. The maximum absolute atomic E-state index is 12.5. The minimum atomic E-state index is -0.843. The molecule has 1 saturated heterocycles. The number of benzene rings is 1. The van der Waals surface area contributed by atoms with Crippen LogP contribution in [-0.2, 0) is 16.1 Å². The lowest BCUT2D eigenvalue weighted by atomic mass is 9.87. The fraction of sp³-hybridized carbons (Fsp3) is 0.526. The third kappa shape index (κ3) is 3.66. The van der Waals surface area contributed by atoms with Crippen LogP contribution in [0, 0.1) is 5.41 Å². The highest BCUT2D eigenvalue weighted by molar-refractivity contribution is 5.92. The van der Waals surface area contributed by atoms with Crippen molar-refractivity contribution in [1.82, 2.24) is 9.80 Å². The molecule has 0 bridgehead atoms. The number of anilines is 1. The smallest absolute Gasteiger partial charge is 0.322 e. The Hall–Kier alpha value is -2.57. The number of hydrogen-bond donors (Lipinski definition) is 2. The summed E-state index contributed by atoms with van der Waals surface area (Å²) in [6.45, 7) is 5.15. The summed E-state index contributed by atoms with van der Waals surface area (Å²) in [6.07, 6.45) is 1.58. The number of urea groups is 1. The standard InChI is InChI=1S/C19H26N4O3/c1-19(2,17(20)25)11-16(24)22-9-7-14(8-10-22)23-12-13-5-3-4-6-15(13)21-18(23)26/h3-6,14H,7-12H2,1-2H3,(H2,20,25)(H,21,26). The van der Waals surface area contributed by atoms with Gasteiger partial charge >= 0.3 is 6.03 Å². The number of likely N-dealkylation sites (tertiary alicyclic amines) is 1. The van der Waals surface area contributed by atoms with Gasteiger partial charge in [-0.25, -0.2) is 4.79 Å². The van der Waals surface area contributed by atoms with E-state index in [1.54, 1.807) is 18.7 Å². The second kappa shape index (κ2) is 6.97. The van der Waals surface area contributed by atoms with Gasteiger partial charge in [0.05, 0.1) is 5.41 Å². The van der Waals surface area contributed by atoms with E-state index in [9.17, 15) is 14.4 Å². The molecule has 2 heterocycles. The first-order valence-corrected chi connectivity index (χ1v) is 9.01. The van der Waals surface area contributed by atoms with Crippen molar-refractivity contribution in [1.29, 1.82) is 0 Å². The minimum absolute atomic E-state index is 0.0549. The number of nitrogens with zero attached hydrogens (tertiary/aromatic N) is 2. The molecular formula is C19H26N4O3. The predicted octanol–water partition coefficient (Wildman–Crippen LogP) is 1.93. The van der Waals surface area contributed by atoms with Crippen molar-refractivity contribution in [2.75, 3.05) is 18.4 Å². The molecule has 7 nitrogen and oxygen atoms in total. The summed E-state index contributed by atoms with van der Waals surface area (Å²) in [6, 6.07) is 7.83. The summed E-state index contributed by atoms with van der Waals surface area (Å²) in [7, 11) is 0. The summed E-state index contributed by atoms with van der Waals surface area (Å²) in [4.78, 5) is 39.9. The number of hydrogen-bond acceptors (Lipinski definition) is 3. The molecule has 0 atom stereocenters. The summed E-state index contributed by atoms with van der Waals surface area (Å²) in [5.74, 6) is -0.523. The van der Waals surface area contributed by atoms with E-state index in [4.69, 9.17) is 5.73 Å². The topological polar surface area (TPSA) is 95.7 Å². The molecule has 2 aliphatic heterocycles.